The molecule has 212 valence electrons. The van der Waals surface area contributed by atoms with Crippen LogP contribution in [0.3, 0.4) is 0 Å². The Morgan fingerprint density at radius 3 is 2.26 bits per heavy atom. The van der Waals surface area contributed by atoms with E-state index in [1.165, 1.54) is 32.1 Å². The molecule has 3 rings (SSSR count). The quantitative estimate of drug-likeness (QED) is 0.323. The lowest BCUT2D eigenvalue weighted by Crippen LogP contribution is -2.51. The Labute approximate surface area is 236 Å². The van der Waals surface area contributed by atoms with E-state index in [0.29, 0.717) is 24.0 Å². The summed E-state index contributed by atoms with van der Waals surface area (Å²) in [4.78, 5) is 37.6. The fraction of sp³-hybridized carbons (Fsp3) is 0.500. The van der Waals surface area contributed by atoms with Gasteiger partial charge in [-0.05, 0) is 75.1 Å². The molecule has 0 spiro atoms. The highest BCUT2D eigenvalue weighted by Crippen LogP contribution is 2.27. The molecule has 0 bridgehead atoms. The van der Waals surface area contributed by atoms with Gasteiger partial charge in [0, 0.05) is 12.3 Å². The van der Waals surface area contributed by atoms with Crippen LogP contribution in [0, 0.1) is 5.92 Å². The maximum Gasteiger partial charge on any atom is 0.408 e. The van der Waals surface area contributed by atoms with Gasteiger partial charge in [0.1, 0.15) is 29.7 Å². The van der Waals surface area contributed by atoms with Crippen molar-refractivity contribution >= 4 is 29.7 Å². The second kappa shape index (κ2) is 15.4. The minimum Gasteiger partial charge on any atom is -0.457 e. The third-order valence-electron chi connectivity index (χ3n) is 6.18. The number of para-hydroxylation sites is 1. The molecule has 9 heteroatoms. The minimum absolute atomic E-state index is 0.263. The third kappa shape index (κ3) is 12.0. The number of hydrogen-bond acceptors (Lipinski definition) is 6. The van der Waals surface area contributed by atoms with Crippen molar-refractivity contribution in [2.45, 2.75) is 71.1 Å². The molecule has 39 heavy (non-hydrogen) atoms. The molecule has 8 nitrogen and oxygen atoms in total. The van der Waals surface area contributed by atoms with Crippen LogP contribution in [0.25, 0.3) is 0 Å². The second-order valence-corrected chi connectivity index (χ2v) is 11.9. The number of carbonyl (C=O) groups is 3. The number of carbonyl (C=O) groups excluding carboxylic acids is 3. The molecule has 0 aromatic heterocycles. The molecule has 1 aliphatic carbocycles. The van der Waals surface area contributed by atoms with E-state index < -0.39 is 23.6 Å². The largest absolute Gasteiger partial charge is 0.457 e. The van der Waals surface area contributed by atoms with Crippen LogP contribution in [0.5, 0.6) is 11.5 Å². The molecule has 2 aromatic carbocycles. The fourth-order valence-corrected chi connectivity index (χ4v) is 5.49. The third-order valence-corrected chi connectivity index (χ3v) is 7.45. The summed E-state index contributed by atoms with van der Waals surface area (Å²) in [6.07, 6.45) is 5.59. The average molecular weight is 556 g/mol. The molecular weight excluding hydrogens is 514 g/mol. The predicted octanol–water partition coefficient (Wildman–Crippen LogP) is 5.42. The van der Waals surface area contributed by atoms with Crippen molar-refractivity contribution in [2.24, 2.45) is 5.92 Å². The first kappa shape index (κ1) is 30.3. The van der Waals surface area contributed by atoms with Gasteiger partial charge in [-0.2, -0.15) is 11.8 Å². The van der Waals surface area contributed by atoms with Crippen LogP contribution in [0.1, 0.15) is 58.4 Å². The molecule has 0 aliphatic heterocycles. The van der Waals surface area contributed by atoms with Crippen LogP contribution < -0.4 is 20.7 Å². The normalized spacial score (nSPS) is 14.6. The number of hydrogen-bond donors (Lipinski definition) is 3. The molecule has 1 aliphatic rings. The zero-order chi connectivity index (χ0) is 28.1. The first-order chi connectivity index (χ1) is 18.7. The van der Waals surface area contributed by atoms with Crippen molar-refractivity contribution < 1.29 is 23.9 Å². The van der Waals surface area contributed by atoms with E-state index in [1.807, 2.05) is 54.6 Å². The van der Waals surface area contributed by atoms with Gasteiger partial charge < -0.3 is 25.4 Å². The van der Waals surface area contributed by atoms with Crippen LogP contribution in [-0.2, 0) is 20.9 Å². The van der Waals surface area contributed by atoms with E-state index in [4.69, 9.17) is 9.47 Å². The first-order valence-corrected chi connectivity index (χ1v) is 14.8. The minimum atomic E-state index is -0.716. The molecule has 0 radical (unpaired) electrons. The lowest BCUT2D eigenvalue weighted by Gasteiger charge is -2.23. The molecule has 1 atom stereocenters. The number of nitrogens with one attached hydrogen (secondary N) is 3. The Kier molecular flexibility index (Phi) is 12.0. The predicted molar refractivity (Wildman–Crippen MR) is 155 cm³/mol. The Bertz CT molecular complexity index is 1050. The fourth-order valence-electron chi connectivity index (χ4n) is 4.21. The molecule has 2 aromatic rings. The average Bonchev–Trinajstić information content (AvgIpc) is 2.91. The Balaban J connectivity index is 1.51. The highest BCUT2D eigenvalue weighted by atomic mass is 32.2. The van der Waals surface area contributed by atoms with Crippen molar-refractivity contribution in [1.82, 2.24) is 16.0 Å². The van der Waals surface area contributed by atoms with Crippen molar-refractivity contribution in [3.8, 4) is 11.5 Å². The number of alkyl carbamates (subject to hydrolysis) is 1. The van der Waals surface area contributed by atoms with Gasteiger partial charge in [-0.15, -0.1) is 0 Å². The van der Waals surface area contributed by atoms with Crippen LogP contribution in [-0.4, -0.2) is 47.6 Å². The highest BCUT2D eigenvalue weighted by molar-refractivity contribution is 7.99. The van der Waals surface area contributed by atoms with E-state index in [0.717, 1.165) is 17.1 Å². The molecule has 1 fully saturated rings. The van der Waals surface area contributed by atoms with E-state index in [9.17, 15) is 14.4 Å². The summed E-state index contributed by atoms with van der Waals surface area (Å²) in [5.74, 6) is 2.85. The van der Waals surface area contributed by atoms with Crippen LogP contribution >= 0.6 is 11.8 Å². The van der Waals surface area contributed by atoms with Gasteiger partial charge in [0.05, 0.1) is 0 Å². The summed E-state index contributed by atoms with van der Waals surface area (Å²) in [5, 5.41) is 8.17. The highest BCUT2D eigenvalue weighted by Gasteiger charge is 2.23. The molecular formula is C30H41N3O5S. The van der Waals surface area contributed by atoms with Gasteiger partial charge in [0.25, 0.3) is 0 Å². The molecule has 3 amide bonds. The topological polar surface area (TPSA) is 106 Å². The summed E-state index contributed by atoms with van der Waals surface area (Å²) in [6.45, 7) is 5.30. The number of benzene rings is 2. The monoisotopic (exact) mass is 555 g/mol. The van der Waals surface area contributed by atoms with Gasteiger partial charge in [0.15, 0.2) is 0 Å². The van der Waals surface area contributed by atoms with E-state index in [2.05, 4.69) is 16.0 Å². The molecule has 3 N–H and O–H groups in total. The summed E-state index contributed by atoms with van der Waals surface area (Å²) in [6, 6.07) is 16.3. The van der Waals surface area contributed by atoms with Gasteiger partial charge in [-0.3, -0.25) is 9.59 Å². The number of ether oxygens (including phenoxy) is 2. The van der Waals surface area contributed by atoms with E-state index in [-0.39, 0.29) is 12.5 Å². The van der Waals surface area contributed by atoms with Gasteiger partial charge in [-0.1, -0.05) is 49.6 Å². The zero-order valence-electron chi connectivity index (χ0n) is 23.2. The van der Waals surface area contributed by atoms with Crippen LogP contribution in [0.4, 0.5) is 4.79 Å². The number of rotatable bonds is 12. The Morgan fingerprint density at radius 2 is 1.59 bits per heavy atom. The summed E-state index contributed by atoms with van der Waals surface area (Å²) in [5.41, 5.74) is 0.250. The molecule has 1 unspecified atom stereocenters. The first-order valence-electron chi connectivity index (χ1n) is 13.6. The smallest absolute Gasteiger partial charge is 0.408 e. The summed E-state index contributed by atoms with van der Waals surface area (Å²) >= 11 is 1.69. The maximum atomic E-state index is 13.1. The summed E-state index contributed by atoms with van der Waals surface area (Å²) < 4.78 is 11.0. The Hall–Kier alpha value is -3.20. The lowest BCUT2D eigenvalue weighted by atomic mass is 9.91. The van der Waals surface area contributed by atoms with E-state index >= 15 is 0 Å². The van der Waals surface area contributed by atoms with Gasteiger partial charge >= 0.3 is 6.09 Å². The van der Waals surface area contributed by atoms with E-state index in [1.54, 1.807) is 32.5 Å². The maximum absolute atomic E-state index is 13.1. The van der Waals surface area contributed by atoms with Gasteiger partial charge in [-0.25, -0.2) is 4.79 Å². The SMILES string of the molecule is CC(C)(C)OC(=O)NCC(=O)NC(CSCC1CCCCC1)C(=O)NCc1ccc(Oc2ccccc2)cc1. The Morgan fingerprint density at radius 1 is 0.923 bits per heavy atom. The summed E-state index contributed by atoms with van der Waals surface area (Å²) in [7, 11) is 0. The van der Waals surface area contributed by atoms with Crippen LogP contribution in [0.2, 0.25) is 0 Å². The van der Waals surface area contributed by atoms with Crippen molar-refractivity contribution in [3.63, 3.8) is 0 Å². The standard InChI is InChI=1S/C30H41N3O5S/c1-30(2,3)38-29(36)32-19-27(34)33-26(21-39-20-23-10-6-4-7-11-23)28(35)31-18-22-14-16-25(17-15-22)37-24-12-8-5-9-13-24/h5,8-9,12-17,23,26H,4,6-7,10-11,18-21H2,1-3H3,(H,31,35)(H,32,36)(H,33,34). The van der Waals surface area contributed by atoms with Crippen molar-refractivity contribution in [1.29, 1.82) is 0 Å². The van der Waals surface area contributed by atoms with Gasteiger partial charge in [0.2, 0.25) is 11.8 Å². The zero-order valence-corrected chi connectivity index (χ0v) is 24.0. The van der Waals surface area contributed by atoms with Crippen molar-refractivity contribution in [3.05, 3.63) is 60.2 Å². The number of thioether (sulfide) groups is 1. The number of amides is 3. The molecule has 0 heterocycles. The lowest BCUT2D eigenvalue weighted by molar-refractivity contribution is -0.128. The van der Waals surface area contributed by atoms with Crippen molar-refractivity contribution in [2.75, 3.05) is 18.1 Å². The second-order valence-electron chi connectivity index (χ2n) is 10.8. The van der Waals surface area contributed by atoms with Crippen LogP contribution in [0.15, 0.2) is 54.6 Å². The molecule has 1 saturated carbocycles. The molecule has 0 saturated heterocycles.